The summed E-state index contributed by atoms with van der Waals surface area (Å²) in [5, 5.41) is 14.9. The highest BCUT2D eigenvalue weighted by atomic mass is 16.5. The molecule has 1 aromatic carbocycles. The van der Waals surface area contributed by atoms with Gasteiger partial charge in [-0.25, -0.2) is 4.68 Å². The molecule has 0 saturated heterocycles. The summed E-state index contributed by atoms with van der Waals surface area (Å²) >= 11 is 0. The number of ether oxygens (including phenoxy) is 1. The molecule has 0 fully saturated rings. The first-order chi connectivity index (χ1) is 15.5. The maximum Gasteiger partial charge on any atom is 0.278 e. The second-order valence-electron chi connectivity index (χ2n) is 8.24. The second kappa shape index (κ2) is 8.20. The lowest BCUT2D eigenvalue weighted by Crippen LogP contribution is -2.31. The Kier molecular flexibility index (Phi) is 5.22. The number of nitrogens with zero attached hydrogens (tertiary/aromatic N) is 5. The number of carbonyl (C=O) groups excluding carboxylic acids is 1. The van der Waals surface area contributed by atoms with Gasteiger partial charge in [0.1, 0.15) is 5.84 Å². The van der Waals surface area contributed by atoms with Crippen LogP contribution < -0.4 is 9.64 Å². The van der Waals surface area contributed by atoms with Crippen molar-refractivity contribution in [2.45, 2.75) is 32.3 Å². The molecule has 164 valence electrons. The average molecular weight is 431 g/mol. The predicted molar refractivity (Wildman–Crippen MR) is 121 cm³/mol. The zero-order valence-electron chi connectivity index (χ0n) is 18.2. The maximum atomic E-state index is 13.2. The van der Waals surface area contributed by atoms with Crippen molar-refractivity contribution in [2.75, 3.05) is 18.1 Å². The third kappa shape index (κ3) is 3.78. The molecule has 2 aliphatic heterocycles. The van der Waals surface area contributed by atoms with Gasteiger partial charge in [-0.05, 0) is 37.1 Å². The zero-order valence-corrected chi connectivity index (χ0v) is 18.2. The Morgan fingerprint density at radius 1 is 1.19 bits per heavy atom. The van der Waals surface area contributed by atoms with Crippen molar-refractivity contribution < 1.29 is 14.6 Å². The van der Waals surface area contributed by atoms with E-state index in [1.54, 1.807) is 30.1 Å². The fourth-order valence-electron chi connectivity index (χ4n) is 4.28. The van der Waals surface area contributed by atoms with Gasteiger partial charge in [0.05, 0.1) is 30.2 Å². The number of carbonyl (C=O) groups is 1. The van der Waals surface area contributed by atoms with E-state index in [9.17, 15) is 9.90 Å². The van der Waals surface area contributed by atoms with Crippen LogP contribution in [0.15, 0.2) is 47.6 Å². The van der Waals surface area contributed by atoms with Gasteiger partial charge in [-0.3, -0.25) is 9.78 Å². The van der Waals surface area contributed by atoms with Crippen LogP contribution in [0.4, 0.5) is 5.69 Å². The van der Waals surface area contributed by atoms with Gasteiger partial charge in [0.15, 0.2) is 0 Å². The lowest BCUT2D eigenvalue weighted by atomic mass is 10.1. The number of rotatable bonds is 0. The Morgan fingerprint density at radius 2 is 2.03 bits per heavy atom. The Morgan fingerprint density at radius 3 is 2.91 bits per heavy atom. The smallest absolute Gasteiger partial charge is 0.278 e. The van der Waals surface area contributed by atoms with Crippen molar-refractivity contribution in [3.05, 3.63) is 59.4 Å². The summed E-state index contributed by atoms with van der Waals surface area (Å²) in [4.78, 5) is 24.4. The van der Waals surface area contributed by atoms with Gasteiger partial charge in [-0.15, -0.1) is 0 Å². The number of aliphatic hydroxyl groups is 1. The number of amides is 1. The van der Waals surface area contributed by atoms with Crippen molar-refractivity contribution in [1.82, 2.24) is 14.8 Å². The van der Waals surface area contributed by atoms with Gasteiger partial charge < -0.3 is 14.7 Å². The first kappa shape index (κ1) is 20.4. The van der Waals surface area contributed by atoms with E-state index in [-0.39, 0.29) is 5.91 Å². The molecule has 1 N–H and O–H groups in total. The largest absolute Gasteiger partial charge is 0.477 e. The number of hydrogen-bond donors (Lipinski definition) is 1. The van der Waals surface area contributed by atoms with E-state index in [4.69, 9.17) is 4.74 Å². The standard InChI is InChI=1S/C24H25N5O3/c1-15-11-17-12-20(26-15)19-14-25-28(2)24(19)32-10-8-18(30)7-9-29-21-6-4-3-5-16(21)13-22(29)27-23(17)31/h3-6,11-12,14,18,30H,7-10,13H2,1-2H3. The number of para-hydroxylation sites is 1. The first-order valence-corrected chi connectivity index (χ1v) is 10.8. The van der Waals surface area contributed by atoms with Gasteiger partial charge in [-0.1, -0.05) is 18.2 Å². The third-order valence-electron chi connectivity index (χ3n) is 5.91. The van der Waals surface area contributed by atoms with E-state index in [2.05, 4.69) is 21.1 Å². The minimum atomic E-state index is -0.539. The van der Waals surface area contributed by atoms with Gasteiger partial charge in [0, 0.05) is 43.4 Å². The molecule has 1 amide bonds. The summed E-state index contributed by atoms with van der Waals surface area (Å²) in [6, 6.07) is 11.5. The van der Waals surface area contributed by atoms with E-state index in [1.807, 2.05) is 30.0 Å². The molecule has 2 aromatic heterocycles. The topological polar surface area (TPSA) is 92.8 Å². The molecule has 0 radical (unpaired) electrons. The maximum absolute atomic E-state index is 13.2. The predicted octanol–water partition coefficient (Wildman–Crippen LogP) is 2.93. The number of aliphatic imine (C=N–C) groups is 1. The number of aliphatic hydroxyl groups excluding tert-OH is 1. The van der Waals surface area contributed by atoms with Crippen LogP contribution in [-0.4, -0.2) is 50.9 Å². The fraction of sp³-hybridized carbons (Fsp3) is 0.333. The molecule has 4 heterocycles. The van der Waals surface area contributed by atoms with Crippen molar-refractivity contribution in [3.63, 3.8) is 0 Å². The van der Waals surface area contributed by atoms with Crippen molar-refractivity contribution in [3.8, 4) is 17.1 Å². The van der Waals surface area contributed by atoms with Crippen LogP contribution >= 0.6 is 0 Å². The van der Waals surface area contributed by atoms with Crippen molar-refractivity contribution in [2.24, 2.45) is 12.0 Å². The lowest BCUT2D eigenvalue weighted by Gasteiger charge is -2.22. The molecule has 8 nitrogen and oxygen atoms in total. The number of hydrogen-bond acceptors (Lipinski definition) is 6. The quantitative estimate of drug-likeness (QED) is 0.588. The van der Waals surface area contributed by atoms with E-state index < -0.39 is 6.10 Å². The SMILES string of the molecule is Cc1cc2cc(n1)-c1cnn(C)c1OCCC(O)CCN1C(=NC2=O)Cc2ccccc21. The highest BCUT2D eigenvalue weighted by Crippen LogP contribution is 2.32. The zero-order chi connectivity index (χ0) is 22.2. The number of benzene rings is 1. The van der Waals surface area contributed by atoms with Gasteiger partial charge in [0.2, 0.25) is 5.88 Å². The highest BCUT2D eigenvalue weighted by Gasteiger charge is 2.27. The Labute approximate surface area is 186 Å². The van der Waals surface area contributed by atoms with Crippen LogP contribution in [0.2, 0.25) is 0 Å². The summed E-state index contributed by atoms with van der Waals surface area (Å²) in [5.74, 6) is 0.948. The van der Waals surface area contributed by atoms with Gasteiger partial charge >= 0.3 is 0 Å². The molecule has 5 rings (SSSR count). The van der Waals surface area contributed by atoms with Crippen LogP contribution in [-0.2, 0) is 13.5 Å². The Hall–Kier alpha value is -3.52. The van der Waals surface area contributed by atoms with E-state index in [0.717, 1.165) is 11.3 Å². The van der Waals surface area contributed by atoms with E-state index in [0.29, 0.717) is 66.6 Å². The van der Waals surface area contributed by atoms with Crippen molar-refractivity contribution in [1.29, 1.82) is 0 Å². The van der Waals surface area contributed by atoms with Crippen LogP contribution in [0.5, 0.6) is 5.88 Å². The third-order valence-corrected chi connectivity index (χ3v) is 5.91. The van der Waals surface area contributed by atoms with Crippen LogP contribution in [0.3, 0.4) is 0 Å². The molecule has 0 aliphatic carbocycles. The minimum absolute atomic E-state index is 0.314. The molecule has 8 heteroatoms. The summed E-state index contributed by atoms with van der Waals surface area (Å²) in [7, 11) is 1.79. The number of fused-ring (bicyclic) bond motifs is 7. The monoisotopic (exact) mass is 431 g/mol. The molecule has 0 spiro atoms. The molecule has 3 aromatic rings. The van der Waals surface area contributed by atoms with Crippen molar-refractivity contribution >= 4 is 17.4 Å². The van der Waals surface area contributed by atoms with Crippen LogP contribution in [0.25, 0.3) is 11.3 Å². The molecule has 2 bridgehead atoms. The van der Waals surface area contributed by atoms with Crippen LogP contribution in [0.1, 0.15) is 34.5 Å². The number of anilines is 1. The minimum Gasteiger partial charge on any atom is -0.477 e. The second-order valence-corrected chi connectivity index (χ2v) is 8.24. The molecule has 0 saturated carbocycles. The molecule has 1 atom stereocenters. The molecular weight excluding hydrogens is 406 g/mol. The fourth-order valence-corrected chi connectivity index (χ4v) is 4.28. The summed E-state index contributed by atoms with van der Waals surface area (Å²) in [6.07, 6.45) is 2.75. The Bertz CT molecular complexity index is 1220. The first-order valence-electron chi connectivity index (χ1n) is 10.8. The number of aryl methyl sites for hydroxylation is 2. The number of amidine groups is 1. The summed E-state index contributed by atoms with van der Waals surface area (Å²) < 4.78 is 7.62. The van der Waals surface area contributed by atoms with E-state index in [1.165, 1.54) is 0 Å². The number of aromatic nitrogens is 3. The molecule has 1 unspecified atom stereocenters. The van der Waals surface area contributed by atoms with Gasteiger partial charge in [-0.2, -0.15) is 10.1 Å². The van der Waals surface area contributed by atoms with E-state index >= 15 is 0 Å². The summed E-state index contributed by atoms with van der Waals surface area (Å²) in [5.41, 5.74) is 4.67. The average Bonchev–Trinajstić information content (AvgIpc) is 3.31. The van der Waals surface area contributed by atoms with Gasteiger partial charge in [0.25, 0.3) is 5.91 Å². The summed E-state index contributed by atoms with van der Waals surface area (Å²) in [6.45, 7) is 2.78. The Balaban J connectivity index is 1.60. The lowest BCUT2D eigenvalue weighted by molar-refractivity contribution is 0.100. The normalized spacial score (nSPS) is 18.6. The van der Waals surface area contributed by atoms with Crippen LogP contribution in [0, 0.1) is 6.92 Å². The highest BCUT2D eigenvalue weighted by molar-refractivity contribution is 6.12. The number of pyridine rings is 1. The molecule has 2 aliphatic rings. The molecular formula is C24H25N5O3. The molecule has 32 heavy (non-hydrogen) atoms.